The highest BCUT2D eigenvalue weighted by atomic mass is 79.9. The van der Waals surface area contributed by atoms with Gasteiger partial charge in [0, 0.05) is 18.2 Å². The van der Waals surface area contributed by atoms with E-state index in [2.05, 4.69) is 25.6 Å². The van der Waals surface area contributed by atoms with Gasteiger partial charge < -0.3 is 14.4 Å². The number of halogens is 1. The van der Waals surface area contributed by atoms with E-state index in [1.165, 1.54) is 6.07 Å². The van der Waals surface area contributed by atoms with E-state index in [4.69, 9.17) is 9.52 Å². The van der Waals surface area contributed by atoms with Crippen LogP contribution >= 0.6 is 15.9 Å². The Bertz CT molecular complexity index is 591. The maximum Gasteiger partial charge on any atom is 0.245 e. The van der Waals surface area contributed by atoms with Crippen molar-refractivity contribution in [3.63, 3.8) is 0 Å². The summed E-state index contributed by atoms with van der Waals surface area (Å²) in [6.07, 6.45) is 4.20. The summed E-state index contributed by atoms with van der Waals surface area (Å²) in [5.74, 6) is 0.213. The summed E-state index contributed by atoms with van der Waals surface area (Å²) in [6, 6.07) is 1.34. The van der Waals surface area contributed by atoms with Gasteiger partial charge >= 0.3 is 0 Å². The number of nitrogens with one attached hydrogen (secondary N) is 1. The van der Waals surface area contributed by atoms with Crippen molar-refractivity contribution in [2.45, 2.75) is 42.7 Å². The van der Waals surface area contributed by atoms with Gasteiger partial charge in [-0.3, -0.25) is 0 Å². The van der Waals surface area contributed by atoms with Crippen LogP contribution in [0.1, 0.15) is 31.4 Å². The second-order valence-electron chi connectivity index (χ2n) is 5.66. The van der Waals surface area contributed by atoms with Gasteiger partial charge in [-0.25, -0.2) is 13.1 Å². The molecule has 1 aromatic rings. The van der Waals surface area contributed by atoms with Crippen molar-refractivity contribution in [3.05, 3.63) is 16.5 Å². The van der Waals surface area contributed by atoms with Crippen molar-refractivity contribution in [2.75, 3.05) is 20.6 Å². The lowest BCUT2D eigenvalue weighted by Crippen LogP contribution is -2.50. The van der Waals surface area contributed by atoms with Gasteiger partial charge in [-0.2, -0.15) is 0 Å². The summed E-state index contributed by atoms with van der Waals surface area (Å²) < 4.78 is 32.7. The van der Waals surface area contributed by atoms with Crippen molar-refractivity contribution in [3.8, 4) is 0 Å². The van der Waals surface area contributed by atoms with E-state index in [9.17, 15) is 8.42 Å². The molecule has 6 nitrogen and oxygen atoms in total. The second-order valence-corrected chi connectivity index (χ2v) is 8.11. The fourth-order valence-corrected chi connectivity index (χ4v) is 4.90. The molecule has 120 valence electrons. The van der Waals surface area contributed by atoms with Crippen molar-refractivity contribution < 1.29 is 17.9 Å². The van der Waals surface area contributed by atoms with Gasteiger partial charge in [0.05, 0.1) is 0 Å². The molecule has 1 aromatic heterocycles. The minimum Gasteiger partial charge on any atom is -0.450 e. The van der Waals surface area contributed by atoms with Crippen LogP contribution in [0.5, 0.6) is 0 Å². The van der Waals surface area contributed by atoms with E-state index in [0.29, 0.717) is 6.54 Å². The molecule has 0 saturated heterocycles. The Morgan fingerprint density at radius 3 is 2.52 bits per heavy atom. The fraction of sp³-hybridized carbons (Fsp3) is 0.692. The van der Waals surface area contributed by atoms with E-state index in [-0.39, 0.29) is 27.5 Å². The molecule has 1 heterocycles. The van der Waals surface area contributed by atoms with Gasteiger partial charge in [0.25, 0.3) is 0 Å². The van der Waals surface area contributed by atoms with E-state index < -0.39 is 10.0 Å². The number of nitrogens with zero attached hydrogens (tertiary/aromatic N) is 1. The lowest BCUT2D eigenvalue weighted by molar-refractivity contribution is 0.162. The Morgan fingerprint density at radius 2 is 2.05 bits per heavy atom. The summed E-state index contributed by atoms with van der Waals surface area (Å²) in [6.45, 7) is 0.0319. The Hall–Kier alpha value is -0.410. The predicted molar refractivity (Wildman–Crippen MR) is 82.4 cm³/mol. The molecule has 0 amide bonds. The Balaban J connectivity index is 2.15. The van der Waals surface area contributed by atoms with Gasteiger partial charge in [0.15, 0.2) is 4.67 Å². The topological polar surface area (TPSA) is 82.8 Å². The van der Waals surface area contributed by atoms with Gasteiger partial charge in [-0.15, -0.1) is 0 Å². The third-order valence-corrected chi connectivity index (χ3v) is 6.48. The maximum absolute atomic E-state index is 12.4. The molecule has 0 aliphatic heterocycles. The Morgan fingerprint density at radius 1 is 1.43 bits per heavy atom. The van der Waals surface area contributed by atoms with Crippen LogP contribution in [-0.2, 0) is 16.6 Å². The number of hydrogen-bond acceptors (Lipinski definition) is 5. The molecule has 1 fully saturated rings. The third-order valence-electron chi connectivity index (χ3n) is 4.23. The number of likely N-dealkylation sites (N-methyl/N-ethyl adjacent to an activating group) is 1. The fourth-order valence-electron chi connectivity index (χ4n) is 2.78. The van der Waals surface area contributed by atoms with E-state index in [0.717, 1.165) is 25.7 Å². The number of sulfonamides is 1. The predicted octanol–water partition coefficient (Wildman–Crippen LogP) is 1.69. The lowest BCUT2D eigenvalue weighted by Gasteiger charge is -2.36. The van der Waals surface area contributed by atoms with Gasteiger partial charge in [-0.05, 0) is 42.9 Å². The smallest absolute Gasteiger partial charge is 0.245 e. The highest BCUT2D eigenvalue weighted by Crippen LogP contribution is 2.34. The highest BCUT2D eigenvalue weighted by molar-refractivity contribution is 9.10. The van der Waals surface area contributed by atoms with Gasteiger partial charge in [0.1, 0.15) is 17.3 Å². The third kappa shape index (κ3) is 3.50. The first-order valence-electron chi connectivity index (χ1n) is 6.87. The lowest BCUT2D eigenvalue weighted by atomic mass is 9.97. The SMILES string of the molecule is CN(C)C1(CNS(=O)(=O)c2cc(CO)oc2Br)CCCC1. The first kappa shape index (κ1) is 17.0. The molecular weight excluding hydrogens is 360 g/mol. The molecule has 1 aliphatic carbocycles. The number of hydrogen-bond donors (Lipinski definition) is 2. The van der Waals surface area contributed by atoms with Crippen molar-refractivity contribution in [2.24, 2.45) is 0 Å². The summed E-state index contributed by atoms with van der Waals surface area (Å²) in [4.78, 5) is 2.13. The van der Waals surface area contributed by atoms with E-state index in [1.54, 1.807) is 0 Å². The minimum absolute atomic E-state index is 0.0263. The van der Waals surface area contributed by atoms with Crippen molar-refractivity contribution in [1.29, 1.82) is 0 Å². The quantitative estimate of drug-likeness (QED) is 0.784. The largest absolute Gasteiger partial charge is 0.450 e. The number of furan rings is 1. The van der Waals surface area contributed by atoms with Gasteiger partial charge in [0.2, 0.25) is 10.0 Å². The monoisotopic (exact) mass is 380 g/mol. The zero-order valence-electron chi connectivity index (χ0n) is 12.2. The minimum atomic E-state index is -3.67. The van der Waals surface area contributed by atoms with Crippen LogP contribution in [0, 0.1) is 0 Å². The van der Waals surface area contributed by atoms with Crippen LogP contribution in [0.25, 0.3) is 0 Å². The Kier molecular flexibility index (Phi) is 5.15. The average molecular weight is 381 g/mol. The zero-order chi connectivity index (χ0) is 15.7. The molecule has 1 aliphatic rings. The molecule has 0 atom stereocenters. The zero-order valence-corrected chi connectivity index (χ0v) is 14.6. The van der Waals surface area contributed by atoms with Gasteiger partial charge in [-0.1, -0.05) is 12.8 Å². The molecule has 21 heavy (non-hydrogen) atoms. The van der Waals surface area contributed by atoms with Crippen LogP contribution in [0.4, 0.5) is 0 Å². The van der Waals surface area contributed by atoms with Crippen LogP contribution < -0.4 is 4.72 Å². The molecule has 0 aromatic carbocycles. The first-order chi connectivity index (χ1) is 9.81. The molecular formula is C13H21BrN2O4S. The molecule has 0 radical (unpaired) electrons. The number of aliphatic hydroxyl groups excluding tert-OH is 1. The van der Waals surface area contributed by atoms with Crippen LogP contribution in [-0.4, -0.2) is 44.6 Å². The van der Waals surface area contributed by atoms with E-state index >= 15 is 0 Å². The normalized spacial score (nSPS) is 18.5. The number of rotatable bonds is 6. The van der Waals surface area contributed by atoms with Crippen molar-refractivity contribution >= 4 is 26.0 Å². The molecule has 0 spiro atoms. The molecule has 8 heteroatoms. The summed E-state index contributed by atoms with van der Waals surface area (Å²) in [5, 5.41) is 9.02. The van der Waals surface area contributed by atoms with Crippen LogP contribution in [0.15, 0.2) is 20.0 Å². The molecule has 2 N–H and O–H groups in total. The molecule has 1 saturated carbocycles. The first-order valence-corrected chi connectivity index (χ1v) is 9.14. The van der Waals surface area contributed by atoms with Crippen LogP contribution in [0.2, 0.25) is 0 Å². The second kappa shape index (κ2) is 6.37. The average Bonchev–Trinajstić information content (AvgIpc) is 3.04. The van der Waals surface area contributed by atoms with Crippen molar-refractivity contribution in [1.82, 2.24) is 9.62 Å². The highest BCUT2D eigenvalue weighted by Gasteiger charge is 2.37. The summed E-state index contributed by atoms with van der Waals surface area (Å²) in [7, 11) is 0.299. The number of aliphatic hydroxyl groups is 1. The summed E-state index contributed by atoms with van der Waals surface area (Å²) >= 11 is 3.08. The Labute approximate surface area is 133 Å². The summed E-state index contributed by atoms with van der Waals surface area (Å²) in [5.41, 5.74) is -0.122. The standard InChI is InChI=1S/C13H21BrN2O4S/c1-16(2)13(5-3-4-6-13)9-15-21(18,19)11-7-10(8-17)20-12(11)14/h7,15,17H,3-6,8-9H2,1-2H3. The van der Waals surface area contributed by atoms with Crippen LogP contribution in [0.3, 0.4) is 0 Å². The van der Waals surface area contributed by atoms with E-state index in [1.807, 2.05) is 14.1 Å². The molecule has 0 bridgehead atoms. The molecule has 2 rings (SSSR count). The molecule has 0 unspecified atom stereocenters. The maximum atomic E-state index is 12.4.